The minimum absolute atomic E-state index is 0.0563. The van der Waals surface area contributed by atoms with Crippen LogP contribution in [-0.2, 0) is 28.5 Å². The summed E-state index contributed by atoms with van der Waals surface area (Å²) < 4.78 is 30.8. The maximum absolute atomic E-state index is 13.6. The summed E-state index contributed by atoms with van der Waals surface area (Å²) in [6, 6.07) is 0. The van der Waals surface area contributed by atoms with Crippen molar-refractivity contribution in [3.63, 3.8) is 0 Å². The molecule has 2 N–H and O–H groups in total. The molecule has 5 saturated carbocycles. The Morgan fingerprint density at radius 3 is 2.31 bits per heavy atom. The predicted octanol–water partition coefficient (Wildman–Crippen LogP) is 6.52. The van der Waals surface area contributed by atoms with Crippen LogP contribution in [0.25, 0.3) is 0 Å². The molecular formula is C42H69NO9. The molecule has 296 valence electrons. The summed E-state index contributed by atoms with van der Waals surface area (Å²) in [5.74, 6) is 1.01. The molecule has 52 heavy (non-hydrogen) atoms. The molecule has 0 aromatic heterocycles. The smallest absolute Gasteiger partial charge is 0.410 e. The van der Waals surface area contributed by atoms with Crippen molar-refractivity contribution in [1.29, 1.82) is 0 Å². The summed E-state index contributed by atoms with van der Waals surface area (Å²) in [6.45, 7) is 24.2. The predicted molar refractivity (Wildman–Crippen MR) is 195 cm³/mol. The number of aliphatic hydroxyl groups excluding tert-OH is 1. The van der Waals surface area contributed by atoms with E-state index in [1.807, 2.05) is 27.7 Å². The highest BCUT2D eigenvalue weighted by Gasteiger charge is 2.85. The first-order valence-electron chi connectivity index (χ1n) is 20.5. The largest absolute Gasteiger partial charge is 0.460 e. The van der Waals surface area contributed by atoms with Gasteiger partial charge in [-0.3, -0.25) is 0 Å². The van der Waals surface area contributed by atoms with E-state index in [0.29, 0.717) is 30.9 Å². The number of carbonyl (C=O) groups excluding carboxylic acids is 2. The van der Waals surface area contributed by atoms with Gasteiger partial charge >= 0.3 is 12.1 Å². The Hall–Kier alpha value is -1.46. The first-order valence-corrected chi connectivity index (χ1v) is 20.5. The SMILES string of the molecule is CCO[C@@H]([C@H]1C[C@@H](C)[C@H]2[C@H](O1)[C@H](O)[C@@]1(C)[C@@H]3CC[C@H]4C(C)(C)[C@@H](OC(=O)[C@H]5CN(C(=O)OC(C)(C)C)CCO5)CCC45C[C@@]35CC[C@]21C)C(C)(C)O. The quantitative estimate of drug-likeness (QED) is 0.294. The fraction of sp³-hybridized carbons (Fsp3) is 0.952. The number of carbonyl (C=O) groups is 2. The normalized spacial score (nSPS) is 47.2. The summed E-state index contributed by atoms with van der Waals surface area (Å²) in [4.78, 5) is 28.0. The van der Waals surface area contributed by atoms with Gasteiger partial charge in [-0.1, -0.05) is 34.6 Å². The summed E-state index contributed by atoms with van der Waals surface area (Å²) in [5, 5.41) is 23.7. The number of nitrogens with zero attached hydrogens (tertiary/aromatic N) is 1. The lowest BCUT2D eigenvalue weighted by atomic mass is 9.41. The van der Waals surface area contributed by atoms with E-state index in [9.17, 15) is 19.8 Å². The lowest BCUT2D eigenvalue weighted by Crippen LogP contribution is -2.60. The molecular weight excluding hydrogens is 662 g/mol. The van der Waals surface area contributed by atoms with Crippen molar-refractivity contribution < 1.29 is 43.5 Å². The van der Waals surface area contributed by atoms with Crippen LogP contribution in [-0.4, -0.2) is 101 Å². The van der Waals surface area contributed by atoms with Crippen LogP contribution in [0.4, 0.5) is 4.79 Å². The minimum Gasteiger partial charge on any atom is -0.460 e. The molecule has 5 aliphatic carbocycles. The number of rotatable bonds is 6. The van der Waals surface area contributed by atoms with E-state index >= 15 is 0 Å². The van der Waals surface area contributed by atoms with Gasteiger partial charge in [0, 0.05) is 24.0 Å². The molecule has 2 saturated heterocycles. The fourth-order valence-corrected chi connectivity index (χ4v) is 14.2. The summed E-state index contributed by atoms with van der Waals surface area (Å²) in [7, 11) is 0. The van der Waals surface area contributed by atoms with Crippen LogP contribution >= 0.6 is 0 Å². The molecule has 0 aromatic rings. The standard InChI is InChI=1S/C42H69NO9/c1-12-48-33(38(8,9)47)25-21-24(2)30-31(50-25)32(44)40(11)28-14-13-27-37(6,7)29(15-16-41(27)23-42(28,41)18-17-39(30,40)10)51-34(45)26-22-43(19-20-49-26)35(46)52-36(3,4)5/h24-33,44,47H,12-23H2,1-11H3/t24-,25-,26-,27+,28+,29+,30+,31+,32+,33+,39-,40-,41?,42+/m1/s1. The zero-order valence-electron chi connectivity index (χ0n) is 34.0. The van der Waals surface area contributed by atoms with Crippen LogP contribution in [0.1, 0.15) is 128 Å². The molecule has 7 fully saturated rings. The third-order valence-electron chi connectivity index (χ3n) is 16.4. The molecule has 2 aliphatic heterocycles. The van der Waals surface area contributed by atoms with E-state index in [1.165, 1.54) is 12.8 Å². The number of ether oxygens (including phenoxy) is 5. The average Bonchev–Trinajstić information content (AvgIpc) is 3.68. The second kappa shape index (κ2) is 12.5. The van der Waals surface area contributed by atoms with Crippen molar-refractivity contribution in [2.75, 3.05) is 26.3 Å². The molecule has 2 heterocycles. The Morgan fingerprint density at radius 1 is 0.981 bits per heavy atom. The zero-order valence-corrected chi connectivity index (χ0v) is 34.0. The maximum atomic E-state index is 13.6. The van der Waals surface area contributed by atoms with Gasteiger partial charge in [-0.25, -0.2) is 9.59 Å². The Morgan fingerprint density at radius 2 is 1.65 bits per heavy atom. The van der Waals surface area contributed by atoms with Gasteiger partial charge in [-0.05, 0) is 133 Å². The van der Waals surface area contributed by atoms with Crippen molar-refractivity contribution in [2.24, 2.45) is 50.7 Å². The van der Waals surface area contributed by atoms with Crippen LogP contribution in [0.3, 0.4) is 0 Å². The Labute approximate surface area is 312 Å². The van der Waals surface area contributed by atoms with Crippen molar-refractivity contribution in [3.8, 4) is 0 Å². The molecule has 10 nitrogen and oxygen atoms in total. The fourth-order valence-electron chi connectivity index (χ4n) is 14.2. The summed E-state index contributed by atoms with van der Waals surface area (Å²) in [6.07, 6.45) is 5.13. The van der Waals surface area contributed by atoms with E-state index in [1.54, 1.807) is 18.7 Å². The summed E-state index contributed by atoms with van der Waals surface area (Å²) >= 11 is 0. The molecule has 1 amide bonds. The molecule has 2 spiro atoms. The Bertz CT molecular complexity index is 1400. The van der Waals surface area contributed by atoms with Gasteiger partial charge < -0.3 is 38.8 Å². The van der Waals surface area contributed by atoms with Gasteiger partial charge in [0.15, 0.2) is 6.10 Å². The third-order valence-corrected chi connectivity index (χ3v) is 16.4. The monoisotopic (exact) mass is 731 g/mol. The van der Waals surface area contributed by atoms with Crippen LogP contribution in [0.2, 0.25) is 0 Å². The highest BCUT2D eigenvalue weighted by atomic mass is 16.6. The van der Waals surface area contributed by atoms with Gasteiger partial charge in [-0.15, -0.1) is 0 Å². The number of fused-ring (bicyclic) bond motifs is 4. The van der Waals surface area contributed by atoms with Crippen molar-refractivity contribution in [3.05, 3.63) is 0 Å². The average molecular weight is 732 g/mol. The number of hydrogen-bond donors (Lipinski definition) is 2. The van der Waals surface area contributed by atoms with Gasteiger partial charge in [0.1, 0.15) is 17.8 Å². The number of aliphatic hydroxyl groups is 2. The second-order valence-corrected chi connectivity index (χ2v) is 20.8. The highest BCUT2D eigenvalue weighted by molar-refractivity contribution is 5.77. The van der Waals surface area contributed by atoms with Gasteiger partial charge in [-0.2, -0.15) is 0 Å². The molecule has 0 aromatic carbocycles. The first kappa shape index (κ1) is 38.8. The molecule has 7 rings (SSSR count). The van der Waals surface area contributed by atoms with E-state index in [4.69, 9.17) is 23.7 Å². The number of esters is 1. The maximum Gasteiger partial charge on any atom is 0.410 e. The third kappa shape index (κ3) is 5.55. The van der Waals surface area contributed by atoms with E-state index in [2.05, 4.69) is 34.6 Å². The highest BCUT2D eigenvalue weighted by Crippen LogP contribution is 2.89. The van der Waals surface area contributed by atoms with Crippen LogP contribution in [0, 0.1) is 50.7 Å². The molecule has 7 aliphatic rings. The van der Waals surface area contributed by atoms with Crippen molar-refractivity contribution in [1.82, 2.24) is 4.90 Å². The lowest BCUT2D eigenvalue weighted by Gasteiger charge is -2.63. The summed E-state index contributed by atoms with van der Waals surface area (Å²) in [5.41, 5.74) is -1.87. The Balaban J connectivity index is 1.08. The van der Waals surface area contributed by atoms with Gasteiger partial charge in [0.2, 0.25) is 0 Å². The van der Waals surface area contributed by atoms with E-state index in [-0.39, 0.29) is 70.4 Å². The zero-order chi connectivity index (χ0) is 38.0. The van der Waals surface area contributed by atoms with Crippen LogP contribution in [0.15, 0.2) is 0 Å². The minimum atomic E-state index is -1.05. The molecule has 0 bridgehead atoms. The van der Waals surface area contributed by atoms with Crippen molar-refractivity contribution >= 4 is 12.1 Å². The second-order valence-electron chi connectivity index (χ2n) is 20.8. The number of amides is 1. The van der Waals surface area contributed by atoms with Gasteiger partial charge in [0.05, 0.1) is 37.1 Å². The molecule has 0 radical (unpaired) electrons. The number of morpholine rings is 1. The van der Waals surface area contributed by atoms with E-state index < -0.39 is 35.6 Å². The molecule has 14 atom stereocenters. The van der Waals surface area contributed by atoms with Crippen molar-refractivity contribution in [2.45, 2.75) is 175 Å². The molecule has 10 heteroatoms. The van der Waals surface area contributed by atoms with Crippen LogP contribution in [0.5, 0.6) is 0 Å². The lowest BCUT2D eigenvalue weighted by molar-refractivity contribution is -0.215. The molecule has 1 unspecified atom stereocenters. The van der Waals surface area contributed by atoms with Crippen LogP contribution < -0.4 is 0 Å². The van der Waals surface area contributed by atoms with E-state index in [0.717, 1.165) is 38.5 Å². The Kier molecular flexibility index (Phi) is 9.34. The first-order chi connectivity index (χ1) is 24.1. The number of hydrogen-bond acceptors (Lipinski definition) is 9. The van der Waals surface area contributed by atoms with Gasteiger partial charge in [0.25, 0.3) is 0 Å². The topological polar surface area (TPSA) is 124 Å².